The molecule has 0 aliphatic heterocycles. The number of Topliss-reactive ketones (excluding diaryl/α,β-unsaturated/α-hetero) is 1. The first-order valence-electron chi connectivity index (χ1n) is 5.79. The molecule has 0 bridgehead atoms. The van der Waals surface area contributed by atoms with Gasteiger partial charge in [0.1, 0.15) is 0 Å². The summed E-state index contributed by atoms with van der Waals surface area (Å²) >= 11 is 0. The number of sulfonamides is 1. The Labute approximate surface area is 156 Å². The fraction of sp³-hybridized carbons (Fsp3) is 0.231. The van der Waals surface area contributed by atoms with E-state index in [1.807, 2.05) is 0 Å². The number of ketones is 1. The van der Waals surface area contributed by atoms with Crippen LogP contribution in [0.2, 0.25) is 0 Å². The number of amides is 1. The van der Waals surface area contributed by atoms with Gasteiger partial charge >= 0.3 is 0 Å². The zero-order valence-electron chi connectivity index (χ0n) is 12.4. The van der Waals surface area contributed by atoms with Crippen LogP contribution < -0.4 is 9.79 Å². The van der Waals surface area contributed by atoms with Gasteiger partial charge in [-0.2, -0.15) is 0 Å². The average Bonchev–Trinajstić information content (AvgIpc) is 2.45. The standard InChI is InChI=1S/C10H13N2O4S.C3H5O.Y/c1-3-17(15,16)12(2)9-7-5-4-6-8(9)10(13)11-14;1-3(2)4;/h4-7,14H,1,3H2,2H3,(H,11,13);1H2,2H3;/q2*-1;. The number of anilines is 1. The number of carbonyl (C=O) groups is 2. The minimum atomic E-state index is -3.55. The van der Waals surface area contributed by atoms with Gasteiger partial charge in [-0.15, -0.1) is 0 Å². The Bertz CT molecular complexity index is 600. The van der Waals surface area contributed by atoms with Gasteiger partial charge in [0.2, 0.25) is 10.0 Å². The fourth-order valence-electron chi connectivity index (χ4n) is 1.29. The van der Waals surface area contributed by atoms with Crippen LogP contribution in [0.1, 0.15) is 17.3 Å². The zero-order valence-corrected chi connectivity index (χ0v) is 16.1. The third-order valence-corrected chi connectivity index (χ3v) is 3.81. The number of hydrogen-bond donors (Lipinski definition) is 2. The molecule has 121 valence electrons. The summed E-state index contributed by atoms with van der Waals surface area (Å²) in [5.74, 6) is -1.18. The van der Waals surface area contributed by atoms with Crippen LogP contribution in [0.5, 0.6) is 0 Å². The number of nitrogens with one attached hydrogen (secondary N) is 1. The number of carbonyl (C=O) groups excluding carboxylic acids is 2. The number of benzene rings is 1. The van der Waals surface area contributed by atoms with Crippen molar-refractivity contribution in [3.63, 3.8) is 0 Å². The van der Waals surface area contributed by atoms with Gasteiger partial charge in [-0.1, -0.05) is 17.9 Å². The van der Waals surface area contributed by atoms with Crippen LogP contribution in [0.3, 0.4) is 0 Å². The van der Waals surface area contributed by atoms with Gasteiger partial charge in [-0.05, 0) is 24.8 Å². The molecule has 0 spiro atoms. The molecule has 22 heavy (non-hydrogen) atoms. The quantitative estimate of drug-likeness (QED) is 0.440. The number of hydroxylamine groups is 1. The van der Waals surface area contributed by atoms with Crippen LogP contribution in [0.4, 0.5) is 5.69 Å². The molecule has 0 aromatic heterocycles. The van der Waals surface area contributed by atoms with Crippen molar-refractivity contribution in [1.29, 1.82) is 0 Å². The second kappa shape index (κ2) is 10.7. The number of hydrogen-bond acceptors (Lipinski definition) is 5. The van der Waals surface area contributed by atoms with Crippen molar-refractivity contribution in [2.24, 2.45) is 0 Å². The van der Waals surface area contributed by atoms with Crippen LogP contribution in [-0.2, 0) is 47.5 Å². The fourth-order valence-corrected chi connectivity index (χ4v) is 2.02. The van der Waals surface area contributed by atoms with Crippen molar-refractivity contribution in [2.75, 3.05) is 17.1 Å². The Hall–Kier alpha value is -0.956. The Balaban J connectivity index is 0. The molecule has 1 rings (SSSR count). The molecule has 2 N–H and O–H groups in total. The van der Waals surface area contributed by atoms with Gasteiger partial charge in [0.05, 0.1) is 11.3 Å². The summed E-state index contributed by atoms with van der Waals surface area (Å²) in [6.07, 6.45) is 0. The third kappa shape index (κ3) is 7.35. The second-order valence-corrected chi connectivity index (χ2v) is 6.06. The second-order valence-electron chi connectivity index (χ2n) is 3.94. The monoisotopic (exact) mass is 403 g/mol. The van der Waals surface area contributed by atoms with E-state index in [1.165, 1.54) is 31.6 Å². The van der Waals surface area contributed by atoms with Crippen molar-refractivity contribution in [1.82, 2.24) is 5.48 Å². The molecule has 0 saturated carbocycles. The van der Waals surface area contributed by atoms with Crippen LogP contribution >= 0.6 is 0 Å². The molecular weight excluding hydrogens is 385 g/mol. The molecule has 9 heteroatoms. The summed E-state index contributed by atoms with van der Waals surface area (Å²) in [5, 5.41) is 8.57. The van der Waals surface area contributed by atoms with Crippen molar-refractivity contribution in [3.8, 4) is 0 Å². The molecule has 1 radical (unpaired) electrons. The molecule has 0 aliphatic carbocycles. The zero-order chi connectivity index (χ0) is 16.6. The van der Waals surface area contributed by atoms with Crippen molar-refractivity contribution < 1.29 is 55.9 Å². The maximum atomic E-state index is 11.6. The van der Waals surface area contributed by atoms with E-state index in [1.54, 1.807) is 12.1 Å². The maximum Gasteiger partial charge on any atom is 0.276 e. The van der Waals surface area contributed by atoms with Crippen LogP contribution in [0.25, 0.3) is 0 Å². The van der Waals surface area contributed by atoms with Gasteiger partial charge in [0, 0.05) is 39.8 Å². The Kier molecular flexibility index (Phi) is 11.4. The predicted octanol–water partition coefficient (Wildman–Crippen LogP) is 0.813. The third-order valence-electron chi connectivity index (χ3n) is 2.26. The van der Waals surface area contributed by atoms with Crippen molar-refractivity contribution in [3.05, 3.63) is 43.7 Å². The van der Waals surface area contributed by atoms with Crippen molar-refractivity contribution >= 4 is 27.4 Å². The number of rotatable bonds is 4. The molecular formula is C13H18N2O5SY-2. The van der Waals surface area contributed by atoms with Gasteiger partial charge in [-0.3, -0.25) is 14.3 Å². The van der Waals surface area contributed by atoms with E-state index >= 15 is 0 Å². The molecule has 0 atom stereocenters. The van der Waals surface area contributed by atoms with Gasteiger partial charge in [0.25, 0.3) is 5.91 Å². The summed E-state index contributed by atoms with van der Waals surface area (Å²) in [7, 11) is -2.23. The summed E-state index contributed by atoms with van der Waals surface area (Å²) < 4.78 is 24.2. The van der Waals surface area contributed by atoms with E-state index in [-0.39, 0.29) is 55.5 Å². The van der Waals surface area contributed by atoms with E-state index in [9.17, 15) is 18.0 Å². The SMILES string of the molecule is [CH2-]C(C)=O.[CH2-]CS(=O)(=O)N(C)c1ccccc1C(=O)NO.[Y]. The van der Waals surface area contributed by atoms with Crippen LogP contribution in [0, 0.1) is 13.8 Å². The molecule has 0 heterocycles. The molecule has 1 aromatic rings. The first-order valence-corrected chi connectivity index (χ1v) is 7.40. The number of para-hydroxylation sites is 1. The average molecular weight is 403 g/mol. The molecule has 1 amide bonds. The van der Waals surface area contributed by atoms with E-state index in [0.717, 1.165) is 4.31 Å². The summed E-state index contributed by atoms with van der Waals surface area (Å²) in [5.41, 5.74) is 1.72. The van der Waals surface area contributed by atoms with Crippen molar-refractivity contribution in [2.45, 2.75) is 6.92 Å². The molecule has 0 fully saturated rings. The minimum absolute atomic E-state index is 0. The molecule has 7 nitrogen and oxygen atoms in total. The van der Waals surface area contributed by atoms with Gasteiger partial charge < -0.3 is 18.6 Å². The molecule has 0 aliphatic rings. The summed E-state index contributed by atoms with van der Waals surface area (Å²) in [6.45, 7) is 7.74. The predicted molar refractivity (Wildman–Crippen MR) is 79.3 cm³/mol. The van der Waals surface area contributed by atoms with Crippen LogP contribution in [-0.4, -0.2) is 38.1 Å². The summed E-state index contributed by atoms with van der Waals surface area (Å²) in [4.78, 5) is 20.7. The first kappa shape index (κ1) is 23.3. The normalized spacial score (nSPS) is 9.64. The Morgan fingerprint density at radius 2 is 1.77 bits per heavy atom. The van der Waals surface area contributed by atoms with Gasteiger partial charge in [0.15, 0.2) is 0 Å². The van der Waals surface area contributed by atoms with E-state index < -0.39 is 15.9 Å². The molecule has 0 unspecified atom stereocenters. The maximum absolute atomic E-state index is 11.6. The Morgan fingerprint density at radius 1 is 1.32 bits per heavy atom. The largest absolute Gasteiger partial charge is 0.340 e. The Morgan fingerprint density at radius 3 is 2.18 bits per heavy atom. The molecule has 1 aromatic carbocycles. The van der Waals surface area contributed by atoms with E-state index in [4.69, 9.17) is 5.21 Å². The van der Waals surface area contributed by atoms with Crippen LogP contribution in [0.15, 0.2) is 24.3 Å². The summed E-state index contributed by atoms with van der Waals surface area (Å²) in [6, 6.07) is 6.05. The number of nitrogens with zero attached hydrogens (tertiary/aromatic N) is 1. The molecule has 0 saturated heterocycles. The first-order chi connectivity index (χ1) is 9.67. The topological polar surface area (TPSA) is 104 Å². The smallest absolute Gasteiger partial charge is 0.276 e. The van der Waals surface area contributed by atoms with E-state index in [2.05, 4.69) is 13.8 Å². The van der Waals surface area contributed by atoms with E-state index in [0.29, 0.717) is 0 Å². The van der Waals surface area contributed by atoms with Gasteiger partial charge in [-0.25, -0.2) is 13.9 Å². The minimum Gasteiger partial charge on any atom is -0.340 e.